The highest BCUT2D eigenvalue weighted by Crippen LogP contribution is 2.24. The fourth-order valence-electron chi connectivity index (χ4n) is 3.18. The van der Waals surface area contributed by atoms with Crippen molar-refractivity contribution in [3.8, 4) is 0 Å². The number of benzene rings is 1. The maximum absolute atomic E-state index is 12.3. The molecule has 2 aromatic rings. The smallest absolute Gasteiger partial charge is 0.194 e. The molecule has 0 amide bonds. The van der Waals surface area contributed by atoms with Crippen LogP contribution in [0.3, 0.4) is 0 Å². The summed E-state index contributed by atoms with van der Waals surface area (Å²) in [7, 11) is 5.62. The fourth-order valence-corrected chi connectivity index (χ4v) is 3.92. The molecule has 2 radical (unpaired) electrons. The van der Waals surface area contributed by atoms with Gasteiger partial charge in [0, 0.05) is 30.5 Å². The minimum Gasteiger partial charge on any atom is -0.375 e. The second kappa shape index (κ2) is 13.1. The van der Waals surface area contributed by atoms with Gasteiger partial charge in [-0.2, -0.15) is 0 Å². The van der Waals surface area contributed by atoms with Crippen LogP contribution in [-0.2, 0) is 33.6 Å². The van der Waals surface area contributed by atoms with Crippen LogP contribution in [0.4, 0.5) is 0 Å². The summed E-state index contributed by atoms with van der Waals surface area (Å²) in [5, 5.41) is 8.58. The molecular weight excluding hydrogens is 457 g/mol. The van der Waals surface area contributed by atoms with Gasteiger partial charge in [-0.05, 0) is 58.1 Å². The molecule has 0 fully saturated rings. The summed E-state index contributed by atoms with van der Waals surface area (Å²) in [5.74, 6) is 0. The average molecular weight is 500 g/mol. The molecule has 1 aromatic carbocycles. The number of carbonyl (C=O) groups is 1. The van der Waals surface area contributed by atoms with Gasteiger partial charge in [-0.25, -0.2) is 0 Å². The quantitative estimate of drug-likeness (QED) is 0.249. The Hall–Kier alpha value is -1.64. The largest absolute Gasteiger partial charge is 0.375 e. The topological polar surface area (TPSA) is 66.2 Å². The monoisotopic (exact) mass is 499 g/mol. The Morgan fingerprint density at radius 1 is 1.00 bits per heavy atom. The normalized spacial score (nSPS) is 12.8. The summed E-state index contributed by atoms with van der Waals surface area (Å²) in [6.45, 7) is 17.0. The summed E-state index contributed by atoms with van der Waals surface area (Å²) in [6, 6.07) is 7.78. The van der Waals surface area contributed by atoms with E-state index in [2.05, 4.69) is 58.8 Å². The van der Waals surface area contributed by atoms with E-state index in [9.17, 15) is 4.79 Å². The van der Waals surface area contributed by atoms with Crippen molar-refractivity contribution >= 4 is 24.7 Å². The fraction of sp³-hybridized carbons (Fsp3) is 0.667. The van der Waals surface area contributed by atoms with E-state index < -0.39 is 0 Å². The summed E-state index contributed by atoms with van der Waals surface area (Å²) in [4.78, 5) is 13.3. The van der Waals surface area contributed by atoms with Crippen molar-refractivity contribution in [1.29, 1.82) is 0 Å². The van der Waals surface area contributed by atoms with Crippen molar-refractivity contribution in [3.05, 3.63) is 41.7 Å². The molecule has 0 bridgehead atoms. The maximum Gasteiger partial charge on any atom is 0.194 e. The number of ether oxygens (including phenoxy) is 2. The molecule has 192 valence electrons. The van der Waals surface area contributed by atoms with Crippen LogP contribution in [0.2, 0.25) is 0 Å². The molecule has 0 N–H and O–H groups in total. The molecule has 0 aliphatic carbocycles. The molecule has 0 aliphatic rings. The number of hydrogen-bond acceptors (Lipinski definition) is 6. The molecule has 0 saturated heterocycles. The van der Waals surface area contributed by atoms with Gasteiger partial charge in [0.15, 0.2) is 5.12 Å². The van der Waals surface area contributed by atoms with Gasteiger partial charge in [-0.1, -0.05) is 61.8 Å². The number of aromatic nitrogens is 3. The lowest BCUT2D eigenvalue weighted by Gasteiger charge is -2.32. The number of carbonyl (C=O) groups excluding carboxylic acids is 1. The van der Waals surface area contributed by atoms with Crippen LogP contribution in [-0.4, -0.2) is 52.4 Å². The van der Waals surface area contributed by atoms with E-state index in [0.29, 0.717) is 32.3 Å². The predicted octanol–water partition coefficient (Wildman–Crippen LogP) is 5.61. The Morgan fingerprint density at radius 3 is 2.29 bits per heavy atom. The van der Waals surface area contributed by atoms with Gasteiger partial charge in [0.2, 0.25) is 0 Å². The molecule has 1 heterocycles. The van der Waals surface area contributed by atoms with Crippen LogP contribution in [0, 0.1) is 5.41 Å². The number of nitrogens with zero attached hydrogens (tertiary/aromatic N) is 3. The van der Waals surface area contributed by atoms with Gasteiger partial charge in [-0.3, -0.25) is 9.48 Å². The highest BCUT2D eigenvalue weighted by molar-refractivity contribution is 8.13. The van der Waals surface area contributed by atoms with E-state index in [4.69, 9.17) is 17.3 Å². The maximum atomic E-state index is 12.3. The Balaban J connectivity index is 1.70. The minimum atomic E-state index is -0.279. The molecule has 0 saturated carbocycles. The number of thioether (sulfide) groups is 1. The van der Waals surface area contributed by atoms with Crippen molar-refractivity contribution < 1.29 is 14.3 Å². The molecule has 8 heteroatoms. The van der Waals surface area contributed by atoms with Crippen molar-refractivity contribution in [2.45, 2.75) is 103 Å². The predicted molar refractivity (Wildman–Crippen MR) is 144 cm³/mol. The van der Waals surface area contributed by atoms with Gasteiger partial charge in [-0.15, -0.1) is 5.10 Å². The molecule has 0 atom stereocenters. The first kappa shape index (κ1) is 29.6. The number of hydrogen-bond donors (Lipinski definition) is 0. The third kappa shape index (κ3) is 12.2. The van der Waals surface area contributed by atoms with Gasteiger partial charge in [0.05, 0.1) is 38.0 Å². The lowest BCUT2D eigenvalue weighted by atomic mass is 9.97. The molecule has 1 aromatic heterocycles. The lowest BCUT2D eigenvalue weighted by Crippen LogP contribution is -2.33. The first-order valence-electron chi connectivity index (χ1n) is 12.4. The van der Waals surface area contributed by atoms with Crippen molar-refractivity contribution in [1.82, 2.24) is 15.0 Å². The Morgan fingerprint density at radius 2 is 1.66 bits per heavy atom. The average Bonchev–Trinajstić information content (AvgIpc) is 3.23. The second-order valence-corrected chi connectivity index (χ2v) is 12.6. The highest BCUT2D eigenvalue weighted by Gasteiger charge is 2.25. The summed E-state index contributed by atoms with van der Waals surface area (Å²) < 4.78 is 14.1. The van der Waals surface area contributed by atoms with Gasteiger partial charge >= 0.3 is 0 Å². The van der Waals surface area contributed by atoms with Crippen molar-refractivity contribution in [3.63, 3.8) is 0 Å². The van der Waals surface area contributed by atoms with Crippen LogP contribution < -0.4 is 0 Å². The molecule has 35 heavy (non-hydrogen) atoms. The van der Waals surface area contributed by atoms with Crippen molar-refractivity contribution in [2.75, 3.05) is 13.2 Å². The van der Waals surface area contributed by atoms with Crippen LogP contribution >= 0.6 is 11.8 Å². The third-order valence-electron chi connectivity index (χ3n) is 5.60. The van der Waals surface area contributed by atoms with E-state index >= 15 is 0 Å². The van der Waals surface area contributed by atoms with E-state index in [1.165, 1.54) is 11.8 Å². The second-order valence-electron chi connectivity index (χ2n) is 11.5. The third-order valence-corrected chi connectivity index (χ3v) is 6.54. The Kier molecular flexibility index (Phi) is 11.0. The lowest BCUT2D eigenvalue weighted by molar-refractivity contribution is -0.111. The first-order valence-corrected chi connectivity index (χ1v) is 13.3. The molecule has 0 aliphatic heterocycles. The van der Waals surface area contributed by atoms with Gasteiger partial charge < -0.3 is 9.47 Å². The standard InChI is InChI=1S/C27H42BN3O3S/c1-25(2,3)20-34-27(6,7)15-17-33-26(4,5)14-16-31-19-22(29-30-31)10-13-24(32)35-23-11-8-21(18-28)9-12-23/h8-9,11-12,19H,10,13-18,20H2,1-7H3. The van der Waals surface area contributed by atoms with E-state index in [1.54, 1.807) is 0 Å². The van der Waals surface area contributed by atoms with Gasteiger partial charge in [0.1, 0.15) is 0 Å². The van der Waals surface area contributed by atoms with Crippen LogP contribution in [0.5, 0.6) is 0 Å². The van der Waals surface area contributed by atoms with E-state index in [-0.39, 0.29) is 21.7 Å². The first-order chi connectivity index (χ1) is 16.3. The Labute approximate surface area is 217 Å². The summed E-state index contributed by atoms with van der Waals surface area (Å²) >= 11 is 1.26. The summed E-state index contributed by atoms with van der Waals surface area (Å²) in [5.41, 5.74) is 1.54. The Bertz CT molecular complexity index is 920. The highest BCUT2D eigenvalue weighted by atomic mass is 32.2. The SMILES string of the molecule is [B]Cc1ccc(SC(=O)CCc2cn(CCC(C)(C)OCCC(C)(C)OCC(C)(C)C)nn2)cc1. The minimum absolute atomic E-state index is 0.115. The zero-order valence-corrected chi connectivity index (χ0v) is 23.4. The van der Waals surface area contributed by atoms with Crippen LogP contribution in [0.15, 0.2) is 35.4 Å². The molecule has 0 unspecified atom stereocenters. The van der Waals surface area contributed by atoms with Crippen molar-refractivity contribution in [2.24, 2.45) is 5.41 Å². The van der Waals surface area contributed by atoms with Crippen LogP contribution in [0.25, 0.3) is 0 Å². The summed E-state index contributed by atoms with van der Waals surface area (Å²) in [6.07, 6.45) is 5.08. The van der Waals surface area contributed by atoms with E-state index in [0.717, 1.165) is 35.6 Å². The number of aryl methyl sites for hydroxylation is 2. The van der Waals surface area contributed by atoms with E-state index in [1.807, 2.05) is 35.1 Å². The molecular formula is C27H42BN3O3S. The zero-order chi connectivity index (χ0) is 26.1. The number of rotatable bonds is 14. The molecule has 2 rings (SSSR count). The molecule has 6 nitrogen and oxygen atoms in total. The van der Waals surface area contributed by atoms with Gasteiger partial charge in [0.25, 0.3) is 0 Å². The molecule has 0 spiro atoms. The zero-order valence-electron chi connectivity index (χ0n) is 22.6. The van der Waals surface area contributed by atoms with Crippen LogP contribution in [0.1, 0.15) is 79.0 Å².